The third kappa shape index (κ3) is 5.25. The number of rotatable bonds is 9. The van der Waals surface area contributed by atoms with E-state index in [-0.39, 0.29) is 22.5 Å². The molecule has 176 valence electrons. The predicted molar refractivity (Wildman–Crippen MR) is 120 cm³/mol. The van der Waals surface area contributed by atoms with E-state index in [9.17, 15) is 13.2 Å². The topological polar surface area (TPSA) is 99.1 Å². The van der Waals surface area contributed by atoms with Gasteiger partial charge in [-0.25, -0.2) is 8.42 Å². The molecule has 0 radical (unpaired) electrons. The number of sulfonamides is 1. The first-order chi connectivity index (χ1) is 15.3. The van der Waals surface area contributed by atoms with Gasteiger partial charge in [-0.15, -0.1) is 0 Å². The van der Waals surface area contributed by atoms with Crippen molar-refractivity contribution in [3.8, 4) is 11.5 Å². The Hall–Kier alpha value is -2.56. The summed E-state index contributed by atoms with van der Waals surface area (Å²) in [5, 5.41) is 2.93. The SMILES string of the molecule is CCOc1ccc(C(C)NC(=O)c2cc(S(=O)(=O)N3CCOCC3)cn2C)cc1OCC. The minimum Gasteiger partial charge on any atom is -0.490 e. The molecule has 0 bridgehead atoms. The Morgan fingerprint density at radius 2 is 1.78 bits per heavy atom. The second-order valence-electron chi connectivity index (χ2n) is 7.46. The Morgan fingerprint density at radius 3 is 2.44 bits per heavy atom. The Labute approximate surface area is 189 Å². The summed E-state index contributed by atoms with van der Waals surface area (Å²) in [6.07, 6.45) is 1.47. The van der Waals surface area contributed by atoms with Gasteiger partial charge in [0.25, 0.3) is 5.91 Å². The number of ether oxygens (including phenoxy) is 3. The van der Waals surface area contributed by atoms with Gasteiger partial charge in [-0.3, -0.25) is 4.79 Å². The number of amides is 1. The van der Waals surface area contributed by atoms with E-state index in [4.69, 9.17) is 14.2 Å². The highest BCUT2D eigenvalue weighted by molar-refractivity contribution is 7.89. The summed E-state index contributed by atoms with van der Waals surface area (Å²) >= 11 is 0. The smallest absolute Gasteiger partial charge is 0.268 e. The van der Waals surface area contributed by atoms with Crippen LogP contribution in [0.1, 0.15) is 42.9 Å². The third-order valence-electron chi connectivity index (χ3n) is 5.24. The van der Waals surface area contributed by atoms with Crippen molar-refractivity contribution in [2.75, 3.05) is 39.5 Å². The second-order valence-corrected chi connectivity index (χ2v) is 9.39. The first-order valence-electron chi connectivity index (χ1n) is 10.7. The second kappa shape index (κ2) is 10.4. The summed E-state index contributed by atoms with van der Waals surface area (Å²) in [7, 11) is -2.02. The number of nitrogens with zero attached hydrogens (tertiary/aromatic N) is 2. The summed E-state index contributed by atoms with van der Waals surface area (Å²) < 4.78 is 45.2. The fraction of sp³-hybridized carbons (Fsp3) is 0.500. The van der Waals surface area contributed by atoms with Crippen LogP contribution in [-0.4, -0.2) is 62.7 Å². The van der Waals surface area contributed by atoms with E-state index in [1.165, 1.54) is 21.1 Å². The average molecular weight is 466 g/mol. The quantitative estimate of drug-likeness (QED) is 0.610. The summed E-state index contributed by atoms with van der Waals surface area (Å²) in [5.41, 5.74) is 1.11. The molecule has 1 N–H and O–H groups in total. The first kappa shape index (κ1) is 24.1. The van der Waals surface area contributed by atoms with Gasteiger partial charge in [-0.2, -0.15) is 4.31 Å². The third-order valence-corrected chi connectivity index (χ3v) is 7.10. The average Bonchev–Trinajstić information content (AvgIpc) is 3.18. The van der Waals surface area contributed by atoms with Crippen LogP contribution < -0.4 is 14.8 Å². The number of aromatic nitrogens is 1. The van der Waals surface area contributed by atoms with Crippen LogP contribution in [0.4, 0.5) is 0 Å². The molecule has 1 amide bonds. The van der Waals surface area contributed by atoms with Crippen LogP contribution in [-0.2, 0) is 21.8 Å². The maximum atomic E-state index is 12.9. The van der Waals surface area contributed by atoms with E-state index < -0.39 is 10.0 Å². The van der Waals surface area contributed by atoms with Crippen molar-refractivity contribution in [1.82, 2.24) is 14.2 Å². The minimum absolute atomic E-state index is 0.0967. The van der Waals surface area contributed by atoms with E-state index >= 15 is 0 Å². The van der Waals surface area contributed by atoms with Crippen molar-refractivity contribution in [3.63, 3.8) is 0 Å². The molecule has 1 aliphatic heterocycles. The molecular weight excluding hydrogens is 434 g/mol. The largest absolute Gasteiger partial charge is 0.490 e. The number of morpholine rings is 1. The highest BCUT2D eigenvalue weighted by Gasteiger charge is 2.29. The molecule has 0 aliphatic carbocycles. The van der Waals surface area contributed by atoms with Crippen molar-refractivity contribution >= 4 is 15.9 Å². The van der Waals surface area contributed by atoms with E-state index in [0.717, 1.165) is 5.56 Å². The molecule has 1 aromatic heterocycles. The van der Waals surface area contributed by atoms with Gasteiger partial charge in [0, 0.05) is 26.3 Å². The van der Waals surface area contributed by atoms with Crippen LogP contribution in [0.2, 0.25) is 0 Å². The number of hydrogen-bond donors (Lipinski definition) is 1. The zero-order valence-electron chi connectivity index (χ0n) is 19.0. The lowest BCUT2D eigenvalue weighted by molar-refractivity contribution is 0.0730. The lowest BCUT2D eigenvalue weighted by atomic mass is 10.1. The lowest BCUT2D eigenvalue weighted by Crippen LogP contribution is -2.40. The number of hydrogen-bond acceptors (Lipinski definition) is 6. The molecule has 3 rings (SSSR count). The lowest BCUT2D eigenvalue weighted by Gasteiger charge is -2.25. The van der Waals surface area contributed by atoms with Gasteiger partial charge in [0.1, 0.15) is 10.6 Å². The molecule has 1 saturated heterocycles. The standard InChI is InChI=1S/C22H31N3O6S/c1-5-30-20-8-7-17(13-21(20)31-6-2)16(3)23-22(26)19-14-18(15-24(19)4)32(27,28)25-9-11-29-12-10-25/h7-8,13-16H,5-6,9-12H2,1-4H3,(H,23,26). The van der Waals surface area contributed by atoms with Crippen LogP contribution in [0.15, 0.2) is 35.4 Å². The van der Waals surface area contributed by atoms with Gasteiger partial charge in [0.05, 0.1) is 32.5 Å². The number of carbonyl (C=O) groups excluding carboxylic acids is 1. The van der Waals surface area contributed by atoms with Crippen molar-refractivity contribution in [2.24, 2.45) is 7.05 Å². The summed E-state index contributed by atoms with van der Waals surface area (Å²) in [4.78, 5) is 13.0. The van der Waals surface area contributed by atoms with Crippen LogP contribution in [0, 0.1) is 0 Å². The highest BCUT2D eigenvalue weighted by Crippen LogP contribution is 2.31. The molecule has 9 nitrogen and oxygen atoms in total. The van der Waals surface area contributed by atoms with Gasteiger partial charge < -0.3 is 24.1 Å². The van der Waals surface area contributed by atoms with Crippen molar-refractivity contribution in [2.45, 2.75) is 31.7 Å². The number of nitrogens with one attached hydrogen (secondary N) is 1. The Balaban J connectivity index is 1.76. The summed E-state index contributed by atoms with van der Waals surface area (Å²) in [6, 6.07) is 6.63. The monoisotopic (exact) mass is 465 g/mol. The minimum atomic E-state index is -3.68. The summed E-state index contributed by atoms with van der Waals surface area (Å²) in [6.45, 7) is 8.00. The van der Waals surface area contributed by atoms with Gasteiger partial charge in [-0.05, 0) is 44.5 Å². The van der Waals surface area contributed by atoms with Crippen molar-refractivity contribution < 1.29 is 27.4 Å². The van der Waals surface area contributed by atoms with Crippen molar-refractivity contribution in [1.29, 1.82) is 0 Å². The Morgan fingerprint density at radius 1 is 1.12 bits per heavy atom. The number of carbonyl (C=O) groups is 1. The fourth-order valence-electron chi connectivity index (χ4n) is 3.53. The van der Waals surface area contributed by atoms with Crippen LogP contribution in [0.25, 0.3) is 0 Å². The number of benzene rings is 1. The fourth-order valence-corrected chi connectivity index (χ4v) is 5.01. The molecule has 10 heteroatoms. The maximum Gasteiger partial charge on any atom is 0.268 e. The molecule has 2 aromatic rings. The molecule has 1 unspecified atom stereocenters. The van der Waals surface area contributed by atoms with Crippen LogP contribution in [0.5, 0.6) is 11.5 Å². The van der Waals surface area contributed by atoms with E-state index in [1.807, 2.05) is 39.0 Å². The van der Waals surface area contributed by atoms with Gasteiger partial charge in [-0.1, -0.05) is 6.07 Å². The summed E-state index contributed by atoms with van der Waals surface area (Å²) in [5.74, 6) is 0.901. The van der Waals surface area contributed by atoms with E-state index in [2.05, 4.69) is 5.32 Å². The molecule has 2 heterocycles. The van der Waals surface area contributed by atoms with Gasteiger partial charge in [0.2, 0.25) is 10.0 Å². The molecular formula is C22H31N3O6S. The number of aryl methyl sites for hydroxylation is 1. The maximum absolute atomic E-state index is 12.9. The van der Waals surface area contributed by atoms with Crippen LogP contribution in [0.3, 0.4) is 0 Å². The van der Waals surface area contributed by atoms with Crippen LogP contribution >= 0.6 is 0 Å². The molecule has 32 heavy (non-hydrogen) atoms. The molecule has 1 atom stereocenters. The predicted octanol–water partition coefficient (Wildman–Crippen LogP) is 2.33. The highest BCUT2D eigenvalue weighted by atomic mass is 32.2. The first-order valence-corrected chi connectivity index (χ1v) is 12.2. The van der Waals surface area contributed by atoms with Gasteiger partial charge >= 0.3 is 0 Å². The van der Waals surface area contributed by atoms with Crippen molar-refractivity contribution in [3.05, 3.63) is 41.7 Å². The molecule has 0 spiro atoms. The molecule has 1 aromatic carbocycles. The van der Waals surface area contributed by atoms with E-state index in [0.29, 0.717) is 51.0 Å². The molecule has 1 aliphatic rings. The van der Waals surface area contributed by atoms with Gasteiger partial charge in [0.15, 0.2) is 11.5 Å². The normalized spacial score (nSPS) is 15.9. The molecule has 1 fully saturated rings. The Bertz CT molecular complexity index is 1040. The Kier molecular flexibility index (Phi) is 7.81. The molecule has 0 saturated carbocycles. The van der Waals surface area contributed by atoms with E-state index in [1.54, 1.807) is 7.05 Å². The zero-order valence-corrected chi connectivity index (χ0v) is 19.8. The zero-order chi connectivity index (χ0) is 23.3.